The molecular formula is C34H34N4O4. The van der Waals surface area contributed by atoms with Gasteiger partial charge in [-0.15, -0.1) is 0 Å². The van der Waals surface area contributed by atoms with E-state index in [1.807, 2.05) is 62.4 Å². The second-order valence-electron chi connectivity index (χ2n) is 10.3. The Morgan fingerprint density at radius 3 is 2.07 bits per heavy atom. The second kappa shape index (κ2) is 13.4. The standard InChI is InChI=1S/C34H34N4O4/c1-21(2)20-37-32(39)25-12-16-28(30(19-25)34(41)42-3)27-15-9-23(17-22-7-5-4-6-8-22)18-29(27)33(40)38-26-13-10-24(11-14-26)31(35)36/h4-16,18-19,21H,17,20H2,1-3H3,(H3,35,36)(H,37,39)(H,38,40). The summed E-state index contributed by atoms with van der Waals surface area (Å²) in [6.45, 7) is 4.48. The van der Waals surface area contributed by atoms with E-state index in [1.54, 1.807) is 36.4 Å². The smallest absolute Gasteiger partial charge is 0.338 e. The minimum Gasteiger partial charge on any atom is -0.465 e. The molecule has 0 aliphatic heterocycles. The van der Waals surface area contributed by atoms with Crippen LogP contribution in [0.5, 0.6) is 0 Å². The summed E-state index contributed by atoms with van der Waals surface area (Å²) in [6, 6.07) is 26.9. The maximum atomic E-state index is 13.7. The number of carbonyl (C=O) groups is 3. The summed E-state index contributed by atoms with van der Waals surface area (Å²) in [4.78, 5) is 39.5. The van der Waals surface area contributed by atoms with Gasteiger partial charge in [-0.1, -0.05) is 62.4 Å². The highest BCUT2D eigenvalue weighted by atomic mass is 16.5. The lowest BCUT2D eigenvalue weighted by Crippen LogP contribution is -2.27. The van der Waals surface area contributed by atoms with Crippen molar-refractivity contribution < 1.29 is 19.1 Å². The van der Waals surface area contributed by atoms with E-state index in [4.69, 9.17) is 15.9 Å². The van der Waals surface area contributed by atoms with Gasteiger partial charge < -0.3 is 21.1 Å². The van der Waals surface area contributed by atoms with Crippen molar-refractivity contribution in [3.8, 4) is 11.1 Å². The van der Waals surface area contributed by atoms with Gasteiger partial charge >= 0.3 is 5.97 Å². The van der Waals surface area contributed by atoms with Crippen LogP contribution in [0.15, 0.2) is 91.0 Å². The third-order valence-corrected chi connectivity index (χ3v) is 6.68. The zero-order valence-corrected chi connectivity index (χ0v) is 23.9. The second-order valence-corrected chi connectivity index (χ2v) is 10.3. The highest BCUT2D eigenvalue weighted by Gasteiger charge is 2.22. The number of benzene rings is 4. The van der Waals surface area contributed by atoms with Gasteiger partial charge in [0.05, 0.1) is 12.7 Å². The maximum absolute atomic E-state index is 13.7. The summed E-state index contributed by atoms with van der Waals surface area (Å²) >= 11 is 0. The van der Waals surface area contributed by atoms with Gasteiger partial charge in [0.25, 0.3) is 11.8 Å². The number of hydrogen-bond donors (Lipinski definition) is 4. The molecule has 0 saturated heterocycles. The molecule has 0 bridgehead atoms. The fourth-order valence-electron chi connectivity index (χ4n) is 4.49. The number of amides is 2. The lowest BCUT2D eigenvalue weighted by molar-refractivity contribution is 0.0601. The fourth-order valence-corrected chi connectivity index (χ4v) is 4.49. The number of rotatable bonds is 10. The molecule has 0 aliphatic carbocycles. The number of esters is 1. The molecule has 0 aromatic heterocycles. The molecule has 8 heteroatoms. The van der Waals surface area contributed by atoms with Crippen LogP contribution in [-0.4, -0.2) is 37.3 Å². The molecular weight excluding hydrogens is 528 g/mol. The van der Waals surface area contributed by atoms with E-state index in [2.05, 4.69) is 10.6 Å². The van der Waals surface area contributed by atoms with Gasteiger partial charge in [0.1, 0.15) is 5.84 Å². The predicted octanol–water partition coefficient (Wildman–Crippen LogP) is 5.65. The Hall–Kier alpha value is -5.24. The van der Waals surface area contributed by atoms with Crippen molar-refractivity contribution in [2.45, 2.75) is 20.3 Å². The highest BCUT2D eigenvalue weighted by Crippen LogP contribution is 2.31. The molecule has 42 heavy (non-hydrogen) atoms. The van der Waals surface area contributed by atoms with Crippen LogP contribution in [0, 0.1) is 11.3 Å². The maximum Gasteiger partial charge on any atom is 0.338 e. The van der Waals surface area contributed by atoms with Crippen molar-refractivity contribution in [3.05, 3.63) is 124 Å². The molecule has 0 atom stereocenters. The summed E-state index contributed by atoms with van der Waals surface area (Å²) < 4.78 is 5.06. The van der Waals surface area contributed by atoms with E-state index < -0.39 is 5.97 Å². The first kappa shape index (κ1) is 29.7. The Kier molecular flexibility index (Phi) is 9.50. The Morgan fingerprint density at radius 1 is 0.786 bits per heavy atom. The number of hydrogen-bond acceptors (Lipinski definition) is 5. The van der Waals surface area contributed by atoms with Crippen LogP contribution in [0.2, 0.25) is 0 Å². The molecule has 4 rings (SSSR count). The fraction of sp³-hybridized carbons (Fsp3) is 0.176. The molecule has 0 saturated carbocycles. The SMILES string of the molecule is COC(=O)c1cc(C(=O)NCC(C)C)ccc1-c1ccc(Cc2ccccc2)cc1C(=O)Nc1ccc(C(=N)N)cc1. The van der Waals surface area contributed by atoms with E-state index in [-0.39, 0.29) is 29.1 Å². The lowest BCUT2D eigenvalue weighted by atomic mass is 9.91. The third kappa shape index (κ3) is 7.28. The van der Waals surface area contributed by atoms with Crippen LogP contribution in [0.3, 0.4) is 0 Å². The molecule has 0 radical (unpaired) electrons. The van der Waals surface area contributed by atoms with Crippen molar-refractivity contribution in [1.29, 1.82) is 5.41 Å². The molecule has 0 heterocycles. The molecule has 214 valence electrons. The number of amidine groups is 1. The summed E-state index contributed by atoms with van der Waals surface area (Å²) in [5, 5.41) is 13.4. The number of nitrogens with two attached hydrogens (primary N) is 1. The van der Waals surface area contributed by atoms with Crippen molar-refractivity contribution in [1.82, 2.24) is 5.32 Å². The van der Waals surface area contributed by atoms with E-state index in [0.717, 1.165) is 11.1 Å². The molecule has 2 amide bonds. The Labute approximate surface area is 245 Å². The van der Waals surface area contributed by atoms with Gasteiger partial charge in [0.2, 0.25) is 0 Å². The number of nitrogens with one attached hydrogen (secondary N) is 3. The molecule has 5 N–H and O–H groups in total. The normalized spacial score (nSPS) is 10.7. The van der Waals surface area contributed by atoms with Crippen molar-refractivity contribution >= 4 is 29.3 Å². The van der Waals surface area contributed by atoms with Crippen molar-refractivity contribution in [2.75, 3.05) is 19.0 Å². The van der Waals surface area contributed by atoms with Crippen LogP contribution in [-0.2, 0) is 11.2 Å². The highest BCUT2D eigenvalue weighted by molar-refractivity contribution is 6.11. The largest absolute Gasteiger partial charge is 0.465 e. The van der Waals surface area contributed by atoms with E-state index in [0.29, 0.717) is 46.5 Å². The molecule has 4 aromatic rings. The van der Waals surface area contributed by atoms with Gasteiger partial charge in [-0.25, -0.2) is 4.79 Å². The summed E-state index contributed by atoms with van der Waals surface area (Å²) in [7, 11) is 1.28. The first-order chi connectivity index (χ1) is 20.2. The van der Waals surface area contributed by atoms with Gasteiger partial charge in [-0.2, -0.15) is 0 Å². The van der Waals surface area contributed by atoms with Crippen LogP contribution < -0.4 is 16.4 Å². The first-order valence-electron chi connectivity index (χ1n) is 13.6. The van der Waals surface area contributed by atoms with Gasteiger partial charge in [-0.05, 0) is 77.1 Å². The van der Waals surface area contributed by atoms with Gasteiger partial charge in [0, 0.05) is 28.9 Å². The summed E-state index contributed by atoms with van der Waals surface area (Å²) in [5.74, 6) is -1.11. The van der Waals surface area contributed by atoms with E-state index >= 15 is 0 Å². The number of ether oxygens (including phenoxy) is 1. The zero-order chi connectivity index (χ0) is 30.2. The zero-order valence-electron chi connectivity index (χ0n) is 23.9. The lowest BCUT2D eigenvalue weighted by Gasteiger charge is -2.16. The number of methoxy groups -OCH3 is 1. The molecule has 0 spiro atoms. The Bertz CT molecular complexity index is 1610. The van der Waals surface area contributed by atoms with Crippen LogP contribution in [0.1, 0.15) is 61.6 Å². The molecule has 0 unspecified atom stereocenters. The summed E-state index contributed by atoms with van der Waals surface area (Å²) in [6.07, 6.45) is 0.605. The van der Waals surface area contributed by atoms with E-state index in [1.165, 1.54) is 13.2 Å². The first-order valence-corrected chi connectivity index (χ1v) is 13.6. The predicted molar refractivity (Wildman–Crippen MR) is 165 cm³/mol. The van der Waals surface area contributed by atoms with Gasteiger partial charge in [-0.3, -0.25) is 15.0 Å². The minimum atomic E-state index is -0.622. The van der Waals surface area contributed by atoms with E-state index in [9.17, 15) is 14.4 Å². The van der Waals surface area contributed by atoms with Crippen LogP contribution >= 0.6 is 0 Å². The van der Waals surface area contributed by atoms with Crippen LogP contribution in [0.25, 0.3) is 11.1 Å². The summed E-state index contributed by atoms with van der Waals surface area (Å²) in [5.41, 5.74) is 10.4. The van der Waals surface area contributed by atoms with Crippen LogP contribution in [0.4, 0.5) is 5.69 Å². The number of carbonyl (C=O) groups excluding carboxylic acids is 3. The minimum absolute atomic E-state index is 0.0690. The Morgan fingerprint density at radius 2 is 1.43 bits per heavy atom. The monoisotopic (exact) mass is 562 g/mol. The van der Waals surface area contributed by atoms with Gasteiger partial charge in [0.15, 0.2) is 0 Å². The van der Waals surface area contributed by atoms with Crippen molar-refractivity contribution in [2.24, 2.45) is 11.7 Å². The topological polar surface area (TPSA) is 134 Å². The molecule has 0 fully saturated rings. The third-order valence-electron chi connectivity index (χ3n) is 6.68. The molecule has 8 nitrogen and oxygen atoms in total. The number of anilines is 1. The number of nitrogen functional groups attached to an aromatic ring is 1. The molecule has 4 aromatic carbocycles. The average molecular weight is 563 g/mol. The van der Waals surface area contributed by atoms with Crippen molar-refractivity contribution in [3.63, 3.8) is 0 Å². The Balaban J connectivity index is 1.78. The average Bonchev–Trinajstić information content (AvgIpc) is 3.00. The quantitative estimate of drug-likeness (QED) is 0.113. The molecule has 0 aliphatic rings.